The topological polar surface area (TPSA) is 55.1 Å². The molecular weight excluding hydrogens is 400 g/mol. The Bertz CT molecular complexity index is 848. The van der Waals surface area contributed by atoms with E-state index in [1.165, 1.54) is 0 Å². The SMILES string of the molecule is Cn1cc(C(=O)c2cc(Br)c(O)c(Br)c2)c2ccncc21. The van der Waals surface area contributed by atoms with Crippen molar-refractivity contribution in [3.8, 4) is 5.75 Å². The highest BCUT2D eigenvalue weighted by molar-refractivity contribution is 9.11. The molecule has 2 heterocycles. The number of rotatable bonds is 2. The van der Waals surface area contributed by atoms with Crippen LogP contribution in [0.15, 0.2) is 45.7 Å². The van der Waals surface area contributed by atoms with Gasteiger partial charge in [-0.1, -0.05) is 0 Å². The van der Waals surface area contributed by atoms with Crippen LogP contribution in [0.4, 0.5) is 0 Å². The summed E-state index contributed by atoms with van der Waals surface area (Å²) in [6, 6.07) is 5.05. The first-order valence-corrected chi connectivity index (χ1v) is 7.69. The molecule has 0 amide bonds. The molecule has 3 aromatic rings. The number of phenols is 1. The molecule has 0 fully saturated rings. The molecule has 0 aliphatic heterocycles. The Labute approximate surface area is 137 Å². The predicted octanol–water partition coefficient (Wildman–Crippen LogP) is 4.03. The molecule has 0 spiro atoms. The number of aromatic hydroxyl groups is 1. The monoisotopic (exact) mass is 408 g/mol. The fourth-order valence-electron chi connectivity index (χ4n) is 2.26. The molecule has 4 nitrogen and oxygen atoms in total. The summed E-state index contributed by atoms with van der Waals surface area (Å²) in [6.45, 7) is 0. The van der Waals surface area contributed by atoms with Crippen LogP contribution in [-0.4, -0.2) is 20.4 Å². The Kier molecular flexibility index (Phi) is 3.59. The number of fused-ring (bicyclic) bond motifs is 1. The highest BCUT2D eigenvalue weighted by Crippen LogP contribution is 2.34. The fraction of sp³-hybridized carbons (Fsp3) is 0.0667. The summed E-state index contributed by atoms with van der Waals surface area (Å²) >= 11 is 6.49. The maximum atomic E-state index is 12.7. The number of phenolic OH excluding ortho intramolecular Hbond substituents is 1. The van der Waals surface area contributed by atoms with Gasteiger partial charge in [0.15, 0.2) is 5.78 Å². The molecule has 0 radical (unpaired) electrons. The molecule has 1 aromatic carbocycles. The van der Waals surface area contributed by atoms with Gasteiger partial charge in [-0.05, 0) is 50.1 Å². The molecule has 0 atom stereocenters. The van der Waals surface area contributed by atoms with E-state index in [9.17, 15) is 9.90 Å². The van der Waals surface area contributed by atoms with E-state index >= 15 is 0 Å². The lowest BCUT2D eigenvalue weighted by Gasteiger charge is -2.05. The van der Waals surface area contributed by atoms with Crippen LogP contribution in [0.2, 0.25) is 0 Å². The Morgan fingerprint density at radius 1 is 1.29 bits per heavy atom. The van der Waals surface area contributed by atoms with Crippen molar-refractivity contribution >= 4 is 48.5 Å². The van der Waals surface area contributed by atoms with Crippen LogP contribution in [0, 0.1) is 0 Å². The van der Waals surface area contributed by atoms with Crippen LogP contribution in [0.5, 0.6) is 5.75 Å². The van der Waals surface area contributed by atoms with Gasteiger partial charge in [0.25, 0.3) is 0 Å². The van der Waals surface area contributed by atoms with Crippen LogP contribution in [0.1, 0.15) is 15.9 Å². The van der Waals surface area contributed by atoms with Crippen LogP contribution >= 0.6 is 31.9 Å². The van der Waals surface area contributed by atoms with Gasteiger partial charge in [-0.15, -0.1) is 0 Å². The summed E-state index contributed by atoms with van der Waals surface area (Å²) in [5.74, 6) is -0.0260. The molecule has 21 heavy (non-hydrogen) atoms. The highest BCUT2D eigenvalue weighted by atomic mass is 79.9. The van der Waals surface area contributed by atoms with Gasteiger partial charge in [0.05, 0.1) is 20.7 Å². The van der Waals surface area contributed by atoms with Crippen molar-refractivity contribution in [2.24, 2.45) is 7.05 Å². The molecule has 0 saturated carbocycles. The van der Waals surface area contributed by atoms with Crippen molar-refractivity contribution in [2.75, 3.05) is 0 Å². The second-order valence-electron chi connectivity index (χ2n) is 4.66. The van der Waals surface area contributed by atoms with Crippen molar-refractivity contribution < 1.29 is 9.90 Å². The van der Waals surface area contributed by atoms with Crippen molar-refractivity contribution in [1.29, 1.82) is 0 Å². The predicted molar refractivity (Wildman–Crippen MR) is 87.7 cm³/mol. The molecular formula is C15H10Br2N2O2. The number of carbonyl (C=O) groups excluding carboxylic acids is 1. The third-order valence-corrected chi connectivity index (χ3v) is 4.53. The molecule has 3 rings (SSSR count). The average Bonchev–Trinajstić information content (AvgIpc) is 2.81. The number of hydrogen-bond acceptors (Lipinski definition) is 3. The van der Waals surface area contributed by atoms with E-state index < -0.39 is 0 Å². The summed E-state index contributed by atoms with van der Waals surface area (Å²) in [6.07, 6.45) is 5.19. The lowest BCUT2D eigenvalue weighted by atomic mass is 10.0. The minimum absolute atomic E-state index is 0.0775. The van der Waals surface area contributed by atoms with E-state index in [0.29, 0.717) is 20.1 Å². The maximum absolute atomic E-state index is 12.7. The molecule has 0 saturated heterocycles. The van der Waals surface area contributed by atoms with Gasteiger partial charge in [-0.3, -0.25) is 9.78 Å². The molecule has 0 bridgehead atoms. The van der Waals surface area contributed by atoms with Crippen LogP contribution in [0.3, 0.4) is 0 Å². The summed E-state index contributed by atoms with van der Waals surface area (Å²) in [7, 11) is 1.88. The van der Waals surface area contributed by atoms with Gasteiger partial charge in [-0.25, -0.2) is 0 Å². The minimum Gasteiger partial charge on any atom is -0.506 e. The first-order valence-electron chi connectivity index (χ1n) is 6.11. The quantitative estimate of drug-likeness (QED) is 0.650. The number of ketones is 1. The third-order valence-electron chi connectivity index (χ3n) is 3.32. The van der Waals surface area contributed by atoms with E-state index in [2.05, 4.69) is 36.8 Å². The minimum atomic E-state index is -0.104. The summed E-state index contributed by atoms with van der Waals surface area (Å²) in [5, 5.41) is 10.6. The zero-order valence-electron chi connectivity index (χ0n) is 11.0. The Morgan fingerprint density at radius 3 is 2.62 bits per heavy atom. The number of aryl methyl sites for hydroxylation is 1. The number of benzene rings is 1. The normalized spacial score (nSPS) is 11.0. The van der Waals surface area contributed by atoms with E-state index in [-0.39, 0.29) is 11.5 Å². The van der Waals surface area contributed by atoms with Gasteiger partial charge in [0.2, 0.25) is 0 Å². The standard InChI is InChI=1S/C15H10Br2N2O2/c1-19-7-10(9-2-3-18-6-13(9)19)14(20)8-4-11(16)15(21)12(17)5-8/h2-7,21H,1H3. The first-order chi connectivity index (χ1) is 9.99. The smallest absolute Gasteiger partial charge is 0.195 e. The molecule has 0 unspecified atom stereocenters. The van der Waals surface area contributed by atoms with Crippen molar-refractivity contribution in [2.45, 2.75) is 0 Å². The van der Waals surface area contributed by atoms with Crippen LogP contribution in [-0.2, 0) is 7.05 Å². The van der Waals surface area contributed by atoms with Crippen molar-refractivity contribution in [1.82, 2.24) is 9.55 Å². The third kappa shape index (κ3) is 2.38. The Morgan fingerprint density at radius 2 is 1.95 bits per heavy atom. The Balaban J connectivity index is 2.17. The van der Waals surface area contributed by atoms with Gasteiger partial charge in [0, 0.05) is 36.0 Å². The summed E-state index contributed by atoms with van der Waals surface area (Å²) in [4.78, 5) is 16.8. The maximum Gasteiger partial charge on any atom is 0.195 e. The number of nitrogens with zero attached hydrogens (tertiary/aromatic N) is 2. The number of pyridine rings is 1. The number of carbonyl (C=O) groups is 1. The number of halogens is 2. The zero-order valence-corrected chi connectivity index (χ0v) is 14.1. The second kappa shape index (κ2) is 5.27. The van der Waals surface area contributed by atoms with E-state index in [4.69, 9.17) is 0 Å². The molecule has 106 valence electrons. The van der Waals surface area contributed by atoms with Crippen LogP contribution in [0.25, 0.3) is 10.9 Å². The molecule has 1 N–H and O–H groups in total. The first kappa shape index (κ1) is 14.3. The van der Waals surface area contributed by atoms with Crippen molar-refractivity contribution in [3.63, 3.8) is 0 Å². The molecule has 0 aliphatic carbocycles. The van der Waals surface area contributed by atoms with Crippen LogP contribution < -0.4 is 0 Å². The Hall–Kier alpha value is -1.66. The van der Waals surface area contributed by atoms with E-state index in [1.807, 2.05) is 17.7 Å². The van der Waals surface area contributed by atoms with Gasteiger partial charge in [0.1, 0.15) is 5.75 Å². The van der Waals surface area contributed by atoms with Gasteiger partial charge in [-0.2, -0.15) is 0 Å². The average molecular weight is 410 g/mol. The lowest BCUT2D eigenvalue weighted by molar-refractivity contribution is 0.104. The van der Waals surface area contributed by atoms with E-state index in [1.54, 1.807) is 30.7 Å². The second-order valence-corrected chi connectivity index (χ2v) is 6.37. The zero-order chi connectivity index (χ0) is 15.1. The summed E-state index contributed by atoms with van der Waals surface area (Å²) < 4.78 is 2.82. The number of hydrogen-bond donors (Lipinski definition) is 1. The molecule has 0 aliphatic rings. The summed E-state index contributed by atoms with van der Waals surface area (Å²) in [5.41, 5.74) is 2.01. The number of aromatic nitrogens is 2. The molecule has 6 heteroatoms. The van der Waals surface area contributed by atoms with Gasteiger partial charge >= 0.3 is 0 Å². The largest absolute Gasteiger partial charge is 0.506 e. The van der Waals surface area contributed by atoms with Gasteiger partial charge < -0.3 is 9.67 Å². The van der Waals surface area contributed by atoms with Crippen molar-refractivity contribution in [3.05, 3.63) is 56.9 Å². The van der Waals surface area contributed by atoms with E-state index in [0.717, 1.165) is 10.9 Å². The highest BCUT2D eigenvalue weighted by Gasteiger charge is 2.18. The fourth-order valence-corrected chi connectivity index (χ4v) is 3.45. The lowest BCUT2D eigenvalue weighted by Crippen LogP contribution is -2.01. The molecule has 2 aromatic heterocycles.